The standard InChI is InChI=1S/C24H23N3O3/c1-29-21-11-8-16(12-22(21)30-2)13-23(28)27-24(17-6-4-3-5-7-17)18-9-10-19-20(14-18)26-15-25-19/h3-12,14-15,24H,13H2,1-2H3,(H,25,26)(H,27,28). The van der Waals surface area contributed by atoms with E-state index in [1.807, 2.05) is 66.7 Å². The van der Waals surface area contributed by atoms with Crippen molar-refractivity contribution in [3.63, 3.8) is 0 Å². The third kappa shape index (κ3) is 4.12. The minimum Gasteiger partial charge on any atom is -0.493 e. The quantitative estimate of drug-likeness (QED) is 0.490. The number of fused-ring (bicyclic) bond motifs is 1. The van der Waals surface area contributed by atoms with Crippen molar-refractivity contribution in [1.29, 1.82) is 0 Å². The lowest BCUT2D eigenvalue weighted by Gasteiger charge is -2.20. The number of nitrogens with zero attached hydrogens (tertiary/aromatic N) is 1. The van der Waals surface area contributed by atoms with Crippen LogP contribution in [0.25, 0.3) is 11.0 Å². The Morgan fingerprint density at radius 3 is 2.53 bits per heavy atom. The van der Waals surface area contributed by atoms with Gasteiger partial charge in [-0.05, 0) is 41.0 Å². The van der Waals surface area contributed by atoms with Crippen LogP contribution in [0, 0.1) is 0 Å². The molecule has 0 aliphatic heterocycles. The predicted molar refractivity (Wildman–Crippen MR) is 116 cm³/mol. The van der Waals surface area contributed by atoms with Crippen molar-refractivity contribution >= 4 is 16.9 Å². The number of carbonyl (C=O) groups excluding carboxylic acids is 1. The molecule has 0 radical (unpaired) electrons. The minimum absolute atomic E-state index is 0.0826. The fourth-order valence-corrected chi connectivity index (χ4v) is 3.53. The topological polar surface area (TPSA) is 76.2 Å². The molecule has 0 fully saturated rings. The smallest absolute Gasteiger partial charge is 0.225 e. The van der Waals surface area contributed by atoms with Crippen LogP contribution in [0.3, 0.4) is 0 Å². The molecule has 0 spiro atoms. The summed E-state index contributed by atoms with van der Waals surface area (Å²) >= 11 is 0. The third-order valence-electron chi connectivity index (χ3n) is 5.03. The largest absolute Gasteiger partial charge is 0.493 e. The lowest BCUT2D eigenvalue weighted by Crippen LogP contribution is -2.30. The molecule has 6 heteroatoms. The number of nitrogens with one attached hydrogen (secondary N) is 2. The van der Waals surface area contributed by atoms with E-state index in [2.05, 4.69) is 15.3 Å². The van der Waals surface area contributed by atoms with Gasteiger partial charge in [0.1, 0.15) is 0 Å². The van der Waals surface area contributed by atoms with E-state index < -0.39 is 0 Å². The minimum atomic E-state index is -0.272. The summed E-state index contributed by atoms with van der Waals surface area (Å²) < 4.78 is 10.6. The summed E-state index contributed by atoms with van der Waals surface area (Å²) in [6.07, 6.45) is 1.90. The van der Waals surface area contributed by atoms with Gasteiger partial charge in [-0.15, -0.1) is 0 Å². The van der Waals surface area contributed by atoms with Crippen LogP contribution in [0.1, 0.15) is 22.7 Å². The van der Waals surface area contributed by atoms with Gasteiger partial charge in [-0.3, -0.25) is 4.79 Å². The highest BCUT2D eigenvalue weighted by molar-refractivity contribution is 5.80. The van der Waals surface area contributed by atoms with Gasteiger partial charge in [0.15, 0.2) is 11.5 Å². The number of H-pyrrole nitrogens is 1. The van der Waals surface area contributed by atoms with Gasteiger partial charge < -0.3 is 19.8 Å². The molecule has 1 unspecified atom stereocenters. The van der Waals surface area contributed by atoms with Crippen molar-refractivity contribution in [1.82, 2.24) is 15.3 Å². The molecule has 6 nitrogen and oxygen atoms in total. The Morgan fingerprint density at radius 1 is 0.967 bits per heavy atom. The third-order valence-corrected chi connectivity index (χ3v) is 5.03. The molecular formula is C24H23N3O3. The maximum absolute atomic E-state index is 12.9. The molecule has 2 N–H and O–H groups in total. The van der Waals surface area contributed by atoms with Gasteiger partial charge in [-0.1, -0.05) is 42.5 Å². The Kier molecular flexibility index (Phi) is 5.66. The highest BCUT2D eigenvalue weighted by Crippen LogP contribution is 2.28. The predicted octanol–water partition coefficient (Wildman–Crippen LogP) is 4.03. The van der Waals surface area contributed by atoms with Gasteiger partial charge >= 0.3 is 0 Å². The first kappa shape index (κ1) is 19.5. The summed E-state index contributed by atoms with van der Waals surface area (Å²) in [6.45, 7) is 0. The van der Waals surface area contributed by atoms with Gasteiger partial charge in [0.25, 0.3) is 0 Å². The van der Waals surface area contributed by atoms with Crippen LogP contribution in [0.4, 0.5) is 0 Å². The van der Waals surface area contributed by atoms with Gasteiger partial charge in [-0.2, -0.15) is 0 Å². The van der Waals surface area contributed by atoms with E-state index in [1.54, 1.807) is 20.5 Å². The van der Waals surface area contributed by atoms with E-state index in [9.17, 15) is 4.79 Å². The van der Waals surface area contributed by atoms with Crippen molar-refractivity contribution in [3.8, 4) is 11.5 Å². The monoisotopic (exact) mass is 401 g/mol. The number of aromatic nitrogens is 2. The number of aromatic amines is 1. The molecule has 0 aliphatic rings. The highest BCUT2D eigenvalue weighted by Gasteiger charge is 2.18. The average molecular weight is 401 g/mol. The highest BCUT2D eigenvalue weighted by atomic mass is 16.5. The summed E-state index contributed by atoms with van der Waals surface area (Å²) in [5.41, 5.74) is 4.67. The summed E-state index contributed by atoms with van der Waals surface area (Å²) in [7, 11) is 3.17. The number of rotatable bonds is 7. The van der Waals surface area contributed by atoms with E-state index in [-0.39, 0.29) is 18.4 Å². The number of carbonyl (C=O) groups is 1. The molecule has 0 saturated heterocycles. The van der Waals surface area contributed by atoms with Crippen LogP contribution < -0.4 is 14.8 Å². The Labute approximate surface area is 174 Å². The molecule has 0 saturated carbocycles. The second kappa shape index (κ2) is 8.69. The van der Waals surface area contributed by atoms with Gasteiger partial charge in [0.05, 0.1) is 44.0 Å². The fourth-order valence-electron chi connectivity index (χ4n) is 3.53. The van der Waals surface area contributed by atoms with E-state index in [0.29, 0.717) is 11.5 Å². The first-order valence-corrected chi connectivity index (χ1v) is 9.66. The van der Waals surface area contributed by atoms with Crippen LogP contribution in [-0.4, -0.2) is 30.1 Å². The normalized spacial score (nSPS) is 11.8. The van der Waals surface area contributed by atoms with Crippen LogP contribution >= 0.6 is 0 Å². The van der Waals surface area contributed by atoms with Crippen molar-refractivity contribution < 1.29 is 14.3 Å². The van der Waals surface area contributed by atoms with Crippen molar-refractivity contribution in [3.05, 3.63) is 89.7 Å². The number of amides is 1. The lowest BCUT2D eigenvalue weighted by atomic mass is 9.97. The van der Waals surface area contributed by atoms with Crippen LogP contribution in [0.5, 0.6) is 11.5 Å². The van der Waals surface area contributed by atoms with E-state index in [1.165, 1.54) is 0 Å². The maximum atomic E-state index is 12.9. The number of hydrogen-bond acceptors (Lipinski definition) is 4. The first-order chi connectivity index (χ1) is 14.7. The molecule has 1 atom stereocenters. The zero-order chi connectivity index (χ0) is 20.9. The van der Waals surface area contributed by atoms with Crippen molar-refractivity contribution in [2.75, 3.05) is 14.2 Å². The number of benzene rings is 3. The van der Waals surface area contributed by atoms with Gasteiger partial charge in [0, 0.05) is 0 Å². The molecule has 30 heavy (non-hydrogen) atoms. The van der Waals surface area contributed by atoms with Crippen LogP contribution in [-0.2, 0) is 11.2 Å². The van der Waals surface area contributed by atoms with Crippen LogP contribution in [0.2, 0.25) is 0 Å². The van der Waals surface area contributed by atoms with E-state index in [0.717, 1.165) is 27.7 Å². The number of imidazole rings is 1. The molecule has 0 bridgehead atoms. The molecule has 1 heterocycles. The van der Waals surface area contributed by atoms with E-state index >= 15 is 0 Å². The number of ether oxygens (including phenoxy) is 2. The summed E-state index contributed by atoms with van der Waals surface area (Å²) in [5, 5.41) is 3.18. The Morgan fingerprint density at radius 2 is 1.77 bits per heavy atom. The van der Waals surface area contributed by atoms with E-state index in [4.69, 9.17) is 9.47 Å². The zero-order valence-corrected chi connectivity index (χ0v) is 16.9. The summed E-state index contributed by atoms with van der Waals surface area (Å²) in [4.78, 5) is 20.3. The molecule has 3 aromatic carbocycles. The van der Waals surface area contributed by atoms with Crippen molar-refractivity contribution in [2.24, 2.45) is 0 Å². The summed E-state index contributed by atoms with van der Waals surface area (Å²) in [5.74, 6) is 1.16. The molecule has 4 aromatic rings. The Hall–Kier alpha value is -3.80. The fraction of sp³-hybridized carbons (Fsp3) is 0.167. The maximum Gasteiger partial charge on any atom is 0.225 e. The molecule has 152 valence electrons. The molecule has 0 aliphatic carbocycles. The van der Waals surface area contributed by atoms with Gasteiger partial charge in [-0.25, -0.2) is 4.98 Å². The second-order valence-electron chi connectivity index (χ2n) is 6.96. The number of methoxy groups -OCH3 is 2. The first-order valence-electron chi connectivity index (χ1n) is 9.66. The van der Waals surface area contributed by atoms with Gasteiger partial charge in [0.2, 0.25) is 5.91 Å². The molecule has 1 amide bonds. The summed E-state index contributed by atoms with van der Waals surface area (Å²) in [6, 6.07) is 21.1. The molecule has 4 rings (SSSR count). The Bertz CT molecular complexity index is 1150. The molecule has 1 aromatic heterocycles. The number of hydrogen-bond donors (Lipinski definition) is 2. The lowest BCUT2D eigenvalue weighted by molar-refractivity contribution is -0.120. The average Bonchev–Trinajstić information content (AvgIpc) is 3.26. The molecular weight excluding hydrogens is 378 g/mol. The second-order valence-corrected chi connectivity index (χ2v) is 6.96. The Balaban J connectivity index is 1.59. The SMILES string of the molecule is COc1ccc(CC(=O)NC(c2ccccc2)c2ccc3nc[nH]c3c2)cc1OC. The zero-order valence-electron chi connectivity index (χ0n) is 16.9. The van der Waals surface area contributed by atoms with Crippen molar-refractivity contribution in [2.45, 2.75) is 12.5 Å². The van der Waals surface area contributed by atoms with Crippen LogP contribution in [0.15, 0.2) is 73.1 Å².